The van der Waals surface area contributed by atoms with Crippen LogP contribution in [0.3, 0.4) is 0 Å². The number of carbonyl (C=O) groups is 1. The fourth-order valence-corrected chi connectivity index (χ4v) is 4.30. The van der Waals surface area contributed by atoms with E-state index in [0.29, 0.717) is 11.0 Å². The van der Waals surface area contributed by atoms with Crippen LogP contribution in [-0.4, -0.2) is 29.9 Å². The van der Waals surface area contributed by atoms with Crippen molar-refractivity contribution in [2.75, 3.05) is 5.32 Å². The number of amides is 1. The molecule has 1 heterocycles. The van der Waals surface area contributed by atoms with E-state index in [-0.39, 0.29) is 10.4 Å². The van der Waals surface area contributed by atoms with Crippen LogP contribution in [0.15, 0.2) is 53.4 Å². The summed E-state index contributed by atoms with van der Waals surface area (Å²) < 4.78 is 29.3. The summed E-state index contributed by atoms with van der Waals surface area (Å²) in [6, 6.07) is 12.3. The Morgan fingerprint density at radius 1 is 1.10 bits per heavy atom. The van der Waals surface area contributed by atoms with Crippen LogP contribution in [0.25, 0.3) is 11.0 Å². The van der Waals surface area contributed by atoms with Crippen molar-refractivity contribution in [3.8, 4) is 0 Å². The fraction of sp³-hybridized carbons (Fsp3) is 0.300. The lowest BCUT2D eigenvalue weighted by Crippen LogP contribution is -2.42. The molecule has 0 aliphatic rings. The van der Waals surface area contributed by atoms with Crippen LogP contribution >= 0.6 is 11.6 Å². The predicted molar refractivity (Wildman–Crippen MR) is 115 cm³/mol. The van der Waals surface area contributed by atoms with Crippen LogP contribution in [0, 0.1) is 0 Å². The van der Waals surface area contributed by atoms with Gasteiger partial charge in [0.05, 0.1) is 22.0 Å². The molecule has 3 rings (SSSR count). The summed E-state index contributed by atoms with van der Waals surface area (Å²) in [4.78, 5) is 17.3. The molecule has 2 N–H and O–H groups in total. The zero-order valence-electron chi connectivity index (χ0n) is 16.6. The minimum absolute atomic E-state index is 0.0310. The number of hydrogen-bond acceptors (Lipinski definition) is 4. The second-order valence-electron chi connectivity index (χ2n) is 7.72. The molecule has 7 nitrogen and oxygen atoms in total. The zero-order chi connectivity index (χ0) is 21.4. The number of nitrogens with one attached hydrogen (secondary N) is 2. The van der Waals surface area contributed by atoms with Crippen LogP contribution < -0.4 is 10.0 Å². The highest BCUT2D eigenvalue weighted by atomic mass is 35.5. The molecule has 0 radical (unpaired) electrons. The molecular formula is C20H23ClN4O3S. The molecule has 0 bridgehead atoms. The lowest BCUT2D eigenvalue weighted by atomic mass is 10.1. The molecule has 3 aromatic rings. The van der Waals surface area contributed by atoms with Gasteiger partial charge in [-0.2, -0.15) is 4.72 Å². The van der Waals surface area contributed by atoms with E-state index in [0.717, 1.165) is 11.0 Å². The monoisotopic (exact) mass is 434 g/mol. The van der Waals surface area contributed by atoms with Crippen LogP contribution in [0.4, 0.5) is 5.95 Å². The van der Waals surface area contributed by atoms with Gasteiger partial charge in [-0.05, 0) is 64.1 Å². The van der Waals surface area contributed by atoms with Crippen LogP contribution in [0.2, 0.25) is 5.02 Å². The van der Waals surface area contributed by atoms with Crippen LogP contribution in [-0.2, 0) is 20.4 Å². The second kappa shape index (κ2) is 7.78. The van der Waals surface area contributed by atoms with Gasteiger partial charge in [0.2, 0.25) is 21.9 Å². The number of nitrogens with zero attached hydrogens (tertiary/aromatic N) is 2. The van der Waals surface area contributed by atoms with Gasteiger partial charge in [-0.3, -0.25) is 10.1 Å². The Kier molecular flexibility index (Phi) is 5.71. The molecule has 0 aliphatic heterocycles. The molecule has 0 aliphatic carbocycles. The minimum atomic E-state index is -3.87. The smallest absolute Gasteiger partial charge is 0.244 e. The SMILES string of the molecule is C[C@H](NS(=O)(=O)c1ccc(Cl)cc1)C(=O)Nc1nc2ccccc2n1C(C)(C)C. The topological polar surface area (TPSA) is 93.1 Å². The number of fused-ring (bicyclic) bond motifs is 1. The van der Waals surface area contributed by atoms with Crippen molar-refractivity contribution in [1.82, 2.24) is 14.3 Å². The molecule has 0 saturated carbocycles. The maximum absolute atomic E-state index is 12.7. The number of para-hydroxylation sites is 2. The number of imidazole rings is 1. The average molecular weight is 435 g/mol. The highest BCUT2D eigenvalue weighted by molar-refractivity contribution is 7.89. The number of hydrogen-bond donors (Lipinski definition) is 2. The standard InChI is InChI=1S/C20H23ClN4O3S/c1-13(24-29(27,28)15-11-9-14(21)10-12-15)18(26)23-19-22-16-7-5-6-8-17(16)25(19)20(2,3)4/h5-13,24H,1-4H3,(H,22,23,26)/t13-/m0/s1. The molecule has 0 fully saturated rings. The van der Waals surface area contributed by atoms with Gasteiger partial charge in [0.15, 0.2) is 0 Å². The van der Waals surface area contributed by atoms with E-state index in [1.54, 1.807) is 0 Å². The highest BCUT2D eigenvalue weighted by Crippen LogP contribution is 2.28. The molecular weight excluding hydrogens is 412 g/mol. The van der Waals surface area contributed by atoms with Crippen molar-refractivity contribution in [3.05, 3.63) is 53.6 Å². The number of sulfonamides is 1. The van der Waals surface area contributed by atoms with E-state index >= 15 is 0 Å². The first-order valence-corrected chi connectivity index (χ1v) is 10.9. The van der Waals surface area contributed by atoms with Gasteiger partial charge in [-0.1, -0.05) is 23.7 Å². The predicted octanol–water partition coefficient (Wildman–Crippen LogP) is 3.75. The Balaban J connectivity index is 1.84. The number of carbonyl (C=O) groups excluding carboxylic acids is 1. The van der Waals surface area contributed by atoms with Gasteiger partial charge in [-0.25, -0.2) is 13.4 Å². The maximum atomic E-state index is 12.7. The largest absolute Gasteiger partial charge is 0.305 e. The Bertz CT molecular complexity index is 1150. The molecule has 9 heteroatoms. The van der Waals surface area contributed by atoms with Crippen molar-refractivity contribution >= 4 is 44.5 Å². The van der Waals surface area contributed by atoms with Gasteiger partial charge in [0.1, 0.15) is 0 Å². The van der Waals surface area contributed by atoms with Gasteiger partial charge < -0.3 is 4.57 Å². The molecule has 154 valence electrons. The third-order valence-corrected chi connectivity index (χ3v) is 6.12. The number of benzene rings is 2. The van der Waals surface area contributed by atoms with Crippen molar-refractivity contribution in [3.63, 3.8) is 0 Å². The minimum Gasteiger partial charge on any atom is -0.305 e. The van der Waals surface area contributed by atoms with E-state index in [1.807, 2.05) is 49.6 Å². The molecule has 0 spiro atoms. The van der Waals surface area contributed by atoms with E-state index in [1.165, 1.54) is 31.2 Å². The number of anilines is 1. The number of aromatic nitrogens is 2. The third-order valence-electron chi connectivity index (χ3n) is 4.32. The van der Waals surface area contributed by atoms with E-state index < -0.39 is 22.0 Å². The van der Waals surface area contributed by atoms with Crippen LogP contribution in [0.5, 0.6) is 0 Å². The maximum Gasteiger partial charge on any atom is 0.244 e. The first-order valence-electron chi connectivity index (χ1n) is 9.06. The van der Waals surface area contributed by atoms with Crippen molar-refractivity contribution in [2.45, 2.75) is 44.2 Å². The molecule has 1 atom stereocenters. The summed E-state index contributed by atoms with van der Waals surface area (Å²) in [5, 5.41) is 3.18. The second-order valence-corrected chi connectivity index (χ2v) is 9.87. The van der Waals surface area contributed by atoms with Gasteiger partial charge in [0.25, 0.3) is 0 Å². The van der Waals surface area contributed by atoms with Crippen molar-refractivity contribution in [2.24, 2.45) is 0 Å². The van der Waals surface area contributed by atoms with Gasteiger partial charge >= 0.3 is 0 Å². The summed E-state index contributed by atoms with van der Waals surface area (Å²) in [5.74, 6) is -0.149. The number of rotatable bonds is 5. The summed E-state index contributed by atoms with van der Waals surface area (Å²) in [6.45, 7) is 7.49. The molecule has 0 unspecified atom stereocenters. The van der Waals surface area contributed by atoms with Crippen molar-refractivity contribution < 1.29 is 13.2 Å². The van der Waals surface area contributed by atoms with E-state index in [4.69, 9.17) is 11.6 Å². The van der Waals surface area contributed by atoms with Crippen LogP contribution in [0.1, 0.15) is 27.7 Å². The summed E-state index contributed by atoms with van der Waals surface area (Å²) in [6.07, 6.45) is 0. The highest BCUT2D eigenvalue weighted by Gasteiger charge is 2.26. The summed E-state index contributed by atoms with van der Waals surface area (Å²) >= 11 is 5.80. The lowest BCUT2D eigenvalue weighted by Gasteiger charge is -2.25. The first kappa shape index (κ1) is 21.3. The lowest BCUT2D eigenvalue weighted by molar-refractivity contribution is -0.117. The molecule has 0 saturated heterocycles. The third kappa shape index (κ3) is 4.60. The molecule has 2 aromatic carbocycles. The molecule has 29 heavy (non-hydrogen) atoms. The average Bonchev–Trinajstić information content (AvgIpc) is 2.99. The molecule has 1 aromatic heterocycles. The Morgan fingerprint density at radius 3 is 2.34 bits per heavy atom. The molecule has 1 amide bonds. The Labute approximate surface area is 175 Å². The van der Waals surface area contributed by atoms with E-state index in [9.17, 15) is 13.2 Å². The first-order chi connectivity index (χ1) is 13.5. The Hall–Kier alpha value is -2.42. The van der Waals surface area contributed by atoms with Crippen molar-refractivity contribution in [1.29, 1.82) is 0 Å². The number of halogens is 1. The summed E-state index contributed by atoms with van der Waals surface area (Å²) in [5.41, 5.74) is 1.28. The van der Waals surface area contributed by atoms with E-state index in [2.05, 4.69) is 15.0 Å². The normalized spacial score (nSPS) is 13.4. The Morgan fingerprint density at radius 2 is 1.72 bits per heavy atom. The summed E-state index contributed by atoms with van der Waals surface area (Å²) in [7, 11) is -3.87. The van der Waals surface area contributed by atoms with Gasteiger partial charge in [0, 0.05) is 10.6 Å². The zero-order valence-corrected chi connectivity index (χ0v) is 18.2. The quantitative estimate of drug-likeness (QED) is 0.639. The fourth-order valence-electron chi connectivity index (χ4n) is 2.98. The van der Waals surface area contributed by atoms with Gasteiger partial charge in [-0.15, -0.1) is 0 Å².